The number of hydrogen-bond donors (Lipinski definition) is 0. The summed E-state index contributed by atoms with van der Waals surface area (Å²) in [7, 11) is 2.12. The highest BCUT2D eigenvalue weighted by Crippen LogP contribution is 2.38. The van der Waals surface area contributed by atoms with Gasteiger partial charge in [0.1, 0.15) is 0 Å². The Labute approximate surface area is 125 Å². The zero-order valence-corrected chi connectivity index (χ0v) is 12.1. The van der Waals surface area contributed by atoms with E-state index >= 15 is 0 Å². The first kappa shape index (κ1) is 12.2. The Balaban J connectivity index is 1.74. The molecule has 0 atom stereocenters. The molecule has 3 aromatic carbocycles. The second-order valence-electron chi connectivity index (χ2n) is 5.57. The van der Waals surface area contributed by atoms with Crippen molar-refractivity contribution in [1.82, 2.24) is 0 Å². The first-order valence-electron chi connectivity index (χ1n) is 7.33. The van der Waals surface area contributed by atoms with Crippen LogP contribution in [0.3, 0.4) is 0 Å². The van der Waals surface area contributed by atoms with Crippen LogP contribution in [0, 0.1) is 0 Å². The van der Waals surface area contributed by atoms with E-state index in [1.54, 1.807) is 0 Å². The minimum absolute atomic E-state index is 1.04. The van der Waals surface area contributed by atoms with Gasteiger partial charge in [0.15, 0.2) is 0 Å². The molecule has 0 saturated carbocycles. The summed E-state index contributed by atoms with van der Waals surface area (Å²) in [5, 5.41) is 0. The summed E-state index contributed by atoms with van der Waals surface area (Å²) in [5.41, 5.74) is 8.10. The predicted molar refractivity (Wildman–Crippen MR) is 89.2 cm³/mol. The number of para-hydroxylation sites is 1. The molecular formula is C20H17N. The maximum absolute atomic E-state index is 2.32. The molecule has 1 heteroatoms. The lowest BCUT2D eigenvalue weighted by Crippen LogP contribution is -2.09. The van der Waals surface area contributed by atoms with E-state index in [0.29, 0.717) is 0 Å². The molecule has 0 bridgehead atoms. The topological polar surface area (TPSA) is 3.24 Å². The zero-order valence-electron chi connectivity index (χ0n) is 12.1. The number of anilines is 2. The summed E-state index contributed by atoms with van der Waals surface area (Å²) < 4.78 is 0. The van der Waals surface area contributed by atoms with Gasteiger partial charge in [0.2, 0.25) is 0 Å². The zero-order chi connectivity index (χ0) is 14.2. The van der Waals surface area contributed by atoms with Crippen LogP contribution in [0.15, 0.2) is 72.8 Å². The molecule has 1 aliphatic rings. The largest absolute Gasteiger partial charge is 0.345 e. The van der Waals surface area contributed by atoms with Crippen molar-refractivity contribution in [2.75, 3.05) is 11.9 Å². The lowest BCUT2D eigenvalue weighted by Gasteiger charge is -2.20. The van der Waals surface area contributed by atoms with Crippen LogP contribution in [0.4, 0.5) is 11.4 Å². The number of fused-ring (bicyclic) bond motifs is 3. The molecule has 21 heavy (non-hydrogen) atoms. The van der Waals surface area contributed by atoms with E-state index in [1.165, 1.54) is 33.6 Å². The van der Waals surface area contributed by atoms with Crippen LogP contribution in [-0.2, 0) is 6.42 Å². The minimum Gasteiger partial charge on any atom is -0.345 e. The van der Waals surface area contributed by atoms with Crippen molar-refractivity contribution < 1.29 is 0 Å². The molecule has 3 aromatic rings. The predicted octanol–water partition coefficient (Wildman–Crippen LogP) is 5.03. The Bertz CT molecular complexity index is 790. The van der Waals surface area contributed by atoms with Crippen LogP contribution in [0.5, 0.6) is 0 Å². The van der Waals surface area contributed by atoms with Crippen molar-refractivity contribution in [2.45, 2.75) is 6.42 Å². The molecule has 0 radical (unpaired) electrons. The van der Waals surface area contributed by atoms with Crippen molar-refractivity contribution in [3.05, 3.63) is 83.9 Å². The lowest BCUT2D eigenvalue weighted by molar-refractivity contribution is 1.19. The highest BCUT2D eigenvalue weighted by molar-refractivity contribution is 5.79. The van der Waals surface area contributed by atoms with E-state index in [1.807, 2.05) is 0 Å². The van der Waals surface area contributed by atoms with Gasteiger partial charge in [-0.3, -0.25) is 0 Å². The van der Waals surface area contributed by atoms with Crippen LogP contribution >= 0.6 is 0 Å². The summed E-state index contributed by atoms with van der Waals surface area (Å²) >= 11 is 0. The Morgan fingerprint density at radius 2 is 1.38 bits per heavy atom. The van der Waals surface area contributed by atoms with Gasteiger partial charge >= 0.3 is 0 Å². The third kappa shape index (κ3) is 2.02. The Hall–Kier alpha value is -2.54. The van der Waals surface area contributed by atoms with Crippen LogP contribution < -0.4 is 4.90 Å². The van der Waals surface area contributed by atoms with Crippen molar-refractivity contribution in [2.24, 2.45) is 0 Å². The molecule has 0 aromatic heterocycles. The molecule has 0 unspecified atom stereocenters. The third-order valence-corrected chi connectivity index (χ3v) is 4.31. The second-order valence-corrected chi connectivity index (χ2v) is 5.57. The molecule has 4 rings (SSSR count). The fourth-order valence-corrected chi connectivity index (χ4v) is 3.14. The van der Waals surface area contributed by atoms with E-state index in [0.717, 1.165) is 6.42 Å². The number of rotatable bonds is 2. The lowest BCUT2D eigenvalue weighted by atomic mass is 10.1. The van der Waals surface area contributed by atoms with Gasteiger partial charge in [0, 0.05) is 18.4 Å². The molecule has 0 amide bonds. The van der Waals surface area contributed by atoms with Crippen molar-refractivity contribution in [3.63, 3.8) is 0 Å². The van der Waals surface area contributed by atoms with Gasteiger partial charge in [-0.25, -0.2) is 0 Å². The highest BCUT2D eigenvalue weighted by atomic mass is 15.1. The SMILES string of the molecule is CN(c1ccccc1)c1ccc2c(c1)Cc1ccccc1-2. The normalized spacial score (nSPS) is 11.9. The van der Waals surface area contributed by atoms with E-state index in [4.69, 9.17) is 0 Å². The van der Waals surface area contributed by atoms with Crippen molar-refractivity contribution in [3.8, 4) is 11.1 Å². The fourth-order valence-electron chi connectivity index (χ4n) is 3.14. The third-order valence-electron chi connectivity index (χ3n) is 4.31. The molecule has 0 fully saturated rings. The molecule has 1 nitrogen and oxygen atoms in total. The smallest absolute Gasteiger partial charge is 0.0411 e. The van der Waals surface area contributed by atoms with Crippen LogP contribution in [0.1, 0.15) is 11.1 Å². The summed E-state index contributed by atoms with van der Waals surface area (Å²) in [4.78, 5) is 2.24. The van der Waals surface area contributed by atoms with Gasteiger partial charge in [-0.1, -0.05) is 48.5 Å². The first-order valence-corrected chi connectivity index (χ1v) is 7.33. The van der Waals surface area contributed by atoms with Crippen LogP contribution in [0.2, 0.25) is 0 Å². The van der Waals surface area contributed by atoms with Gasteiger partial charge in [0.25, 0.3) is 0 Å². The average Bonchev–Trinajstić information content (AvgIpc) is 2.92. The average molecular weight is 271 g/mol. The summed E-state index contributed by atoms with van der Waals surface area (Å²) in [6, 6.07) is 26.0. The van der Waals surface area contributed by atoms with Gasteiger partial charge in [-0.05, 0) is 52.9 Å². The number of hydrogen-bond acceptors (Lipinski definition) is 1. The second kappa shape index (κ2) is 4.78. The molecule has 102 valence electrons. The maximum Gasteiger partial charge on any atom is 0.0411 e. The van der Waals surface area contributed by atoms with Gasteiger partial charge in [0.05, 0.1) is 0 Å². The number of nitrogens with zero attached hydrogens (tertiary/aromatic N) is 1. The van der Waals surface area contributed by atoms with E-state index in [-0.39, 0.29) is 0 Å². The quantitative estimate of drug-likeness (QED) is 0.494. The Morgan fingerprint density at radius 1 is 0.667 bits per heavy atom. The van der Waals surface area contributed by atoms with Crippen LogP contribution in [-0.4, -0.2) is 7.05 Å². The summed E-state index contributed by atoms with van der Waals surface area (Å²) in [6.45, 7) is 0. The summed E-state index contributed by atoms with van der Waals surface area (Å²) in [5.74, 6) is 0. The van der Waals surface area contributed by atoms with Crippen LogP contribution in [0.25, 0.3) is 11.1 Å². The molecule has 0 aliphatic heterocycles. The van der Waals surface area contributed by atoms with Gasteiger partial charge < -0.3 is 4.90 Å². The van der Waals surface area contributed by atoms with Crippen molar-refractivity contribution in [1.29, 1.82) is 0 Å². The molecule has 0 saturated heterocycles. The highest BCUT2D eigenvalue weighted by Gasteiger charge is 2.18. The minimum atomic E-state index is 1.04. The fraction of sp³-hybridized carbons (Fsp3) is 0.100. The van der Waals surface area contributed by atoms with E-state index < -0.39 is 0 Å². The Kier molecular flexibility index (Phi) is 2.78. The molecule has 1 aliphatic carbocycles. The molecule has 0 N–H and O–H groups in total. The Morgan fingerprint density at radius 3 is 2.24 bits per heavy atom. The summed E-state index contributed by atoms with van der Waals surface area (Å²) in [6.07, 6.45) is 1.04. The van der Waals surface area contributed by atoms with Gasteiger partial charge in [-0.15, -0.1) is 0 Å². The van der Waals surface area contributed by atoms with Gasteiger partial charge in [-0.2, -0.15) is 0 Å². The maximum atomic E-state index is 2.32. The monoisotopic (exact) mass is 271 g/mol. The molecule has 0 heterocycles. The van der Waals surface area contributed by atoms with E-state index in [9.17, 15) is 0 Å². The molecular weight excluding hydrogens is 254 g/mol. The van der Waals surface area contributed by atoms with E-state index in [2.05, 4.69) is 84.7 Å². The first-order chi connectivity index (χ1) is 10.3. The number of benzene rings is 3. The standard InChI is InChI=1S/C20H17N/c1-21(17-8-3-2-4-9-17)18-11-12-20-16(14-18)13-15-7-5-6-10-19(15)20/h2-12,14H,13H2,1H3. The molecule has 0 spiro atoms. The van der Waals surface area contributed by atoms with Crippen molar-refractivity contribution >= 4 is 11.4 Å².